The summed E-state index contributed by atoms with van der Waals surface area (Å²) in [6.45, 7) is 4.64. The van der Waals surface area contributed by atoms with Crippen molar-refractivity contribution in [1.29, 1.82) is 10.5 Å². The van der Waals surface area contributed by atoms with Crippen molar-refractivity contribution >= 4 is 43.9 Å². The maximum Gasteiger partial charge on any atom is 0.101 e. The SMILES string of the molecule is CC1CCc2c(n(-c3cccc(C4=CC=C(c5cccc(C#N)c5-n5c6ccccc6c6ccccc65)CC4C)c3)c3c(C#N)cccc23)C1. The van der Waals surface area contributed by atoms with Crippen molar-refractivity contribution < 1.29 is 0 Å². The van der Waals surface area contributed by atoms with Gasteiger partial charge in [0.2, 0.25) is 0 Å². The number of para-hydroxylation sites is 4. The Morgan fingerprint density at radius 1 is 0.660 bits per heavy atom. The van der Waals surface area contributed by atoms with E-state index in [1.54, 1.807) is 0 Å². The lowest BCUT2D eigenvalue weighted by Crippen LogP contribution is -2.14. The van der Waals surface area contributed by atoms with Crippen LogP contribution in [0.5, 0.6) is 0 Å². The summed E-state index contributed by atoms with van der Waals surface area (Å²) in [6.07, 6.45) is 8.64. The van der Waals surface area contributed by atoms with E-state index >= 15 is 0 Å². The van der Waals surface area contributed by atoms with Crippen LogP contribution in [0.1, 0.15) is 60.2 Å². The molecule has 0 saturated heterocycles. The normalized spacial score (nSPS) is 17.3. The molecule has 0 fully saturated rings. The lowest BCUT2D eigenvalue weighted by atomic mass is 9.81. The molecule has 2 aromatic heterocycles. The maximum atomic E-state index is 10.4. The Morgan fingerprint density at radius 2 is 1.34 bits per heavy atom. The third kappa shape index (κ3) is 4.57. The molecule has 9 rings (SSSR count). The van der Waals surface area contributed by atoms with Crippen LogP contribution >= 0.6 is 0 Å². The average molecular weight is 645 g/mol. The highest BCUT2D eigenvalue weighted by atomic mass is 15.0. The number of rotatable bonds is 4. The monoisotopic (exact) mass is 644 g/mol. The largest absolute Gasteiger partial charge is 0.312 e. The summed E-state index contributed by atoms with van der Waals surface area (Å²) >= 11 is 0. The van der Waals surface area contributed by atoms with Crippen LogP contribution in [0.15, 0.2) is 121 Å². The first kappa shape index (κ1) is 30.0. The number of nitrogens with zero attached hydrogens (tertiary/aromatic N) is 4. The predicted molar refractivity (Wildman–Crippen MR) is 204 cm³/mol. The van der Waals surface area contributed by atoms with Gasteiger partial charge in [0, 0.05) is 33.1 Å². The van der Waals surface area contributed by atoms with Gasteiger partial charge in [0.25, 0.3) is 0 Å². The summed E-state index contributed by atoms with van der Waals surface area (Å²) in [7, 11) is 0. The van der Waals surface area contributed by atoms with E-state index in [0.29, 0.717) is 11.5 Å². The van der Waals surface area contributed by atoms with Crippen LogP contribution in [0.4, 0.5) is 0 Å². The van der Waals surface area contributed by atoms with Crippen molar-refractivity contribution in [3.63, 3.8) is 0 Å². The molecule has 0 bridgehead atoms. The smallest absolute Gasteiger partial charge is 0.101 e. The Labute approximate surface area is 292 Å². The number of fused-ring (bicyclic) bond motifs is 6. The van der Waals surface area contributed by atoms with Gasteiger partial charge in [-0.3, -0.25) is 0 Å². The zero-order chi connectivity index (χ0) is 33.9. The zero-order valence-corrected chi connectivity index (χ0v) is 28.3. The summed E-state index contributed by atoms with van der Waals surface area (Å²) in [5.41, 5.74) is 14.3. The van der Waals surface area contributed by atoms with Gasteiger partial charge in [-0.2, -0.15) is 10.5 Å². The van der Waals surface area contributed by atoms with Gasteiger partial charge in [0.1, 0.15) is 12.1 Å². The van der Waals surface area contributed by atoms with Crippen molar-refractivity contribution in [3.05, 3.63) is 155 Å². The molecule has 2 aliphatic carbocycles. The lowest BCUT2D eigenvalue weighted by Gasteiger charge is -2.25. The molecule has 2 aliphatic rings. The number of benzene rings is 5. The van der Waals surface area contributed by atoms with E-state index in [1.807, 2.05) is 24.3 Å². The van der Waals surface area contributed by atoms with Gasteiger partial charge >= 0.3 is 0 Å². The van der Waals surface area contributed by atoms with E-state index in [-0.39, 0.29) is 5.92 Å². The summed E-state index contributed by atoms with van der Waals surface area (Å²) in [4.78, 5) is 0. The molecule has 0 amide bonds. The quantitative estimate of drug-likeness (QED) is 0.191. The van der Waals surface area contributed by atoms with Crippen molar-refractivity contribution in [3.8, 4) is 23.5 Å². The molecule has 2 heterocycles. The number of aromatic nitrogens is 2. The Morgan fingerprint density at radius 3 is 2.08 bits per heavy atom. The number of nitriles is 2. The Bertz CT molecular complexity index is 2610. The lowest BCUT2D eigenvalue weighted by molar-refractivity contribution is 0.492. The van der Waals surface area contributed by atoms with Crippen LogP contribution in [-0.4, -0.2) is 9.13 Å². The summed E-state index contributed by atoms with van der Waals surface area (Å²) in [6, 6.07) is 43.1. The number of allylic oxidation sites excluding steroid dienone is 4. The van der Waals surface area contributed by atoms with Crippen LogP contribution in [0, 0.1) is 34.5 Å². The summed E-state index contributed by atoms with van der Waals surface area (Å²) in [5.74, 6) is 0.864. The first-order valence-corrected chi connectivity index (χ1v) is 17.6. The van der Waals surface area contributed by atoms with Gasteiger partial charge in [-0.25, -0.2) is 0 Å². The second-order valence-corrected chi connectivity index (χ2v) is 14.1. The van der Waals surface area contributed by atoms with Crippen LogP contribution < -0.4 is 0 Å². The van der Waals surface area contributed by atoms with Crippen LogP contribution in [0.2, 0.25) is 0 Å². The molecule has 4 heteroatoms. The molecule has 5 aromatic carbocycles. The zero-order valence-electron chi connectivity index (χ0n) is 28.3. The minimum Gasteiger partial charge on any atom is -0.312 e. The molecule has 0 radical (unpaired) electrons. The summed E-state index contributed by atoms with van der Waals surface area (Å²) < 4.78 is 4.66. The van der Waals surface area contributed by atoms with Gasteiger partial charge in [-0.1, -0.05) is 98.8 Å². The maximum absolute atomic E-state index is 10.4. The van der Waals surface area contributed by atoms with Gasteiger partial charge in [-0.15, -0.1) is 0 Å². The van der Waals surface area contributed by atoms with Crippen molar-refractivity contribution in [1.82, 2.24) is 9.13 Å². The second kappa shape index (κ2) is 11.8. The molecule has 2 atom stereocenters. The van der Waals surface area contributed by atoms with Crippen LogP contribution in [0.3, 0.4) is 0 Å². The third-order valence-electron chi connectivity index (χ3n) is 11.0. The molecule has 240 valence electrons. The molecule has 0 spiro atoms. The Balaban J connectivity index is 1.18. The number of hydrogen-bond acceptors (Lipinski definition) is 2. The standard InChI is InChI=1S/C46H36N4/c1-29-20-22-40-41-17-9-12-34(28-48)46(41)49(44(40)24-29)35-13-7-10-31(26-35)36-23-21-32(25-30(36)2)37-16-8-11-33(27-47)45(37)50-42-18-5-3-14-38(42)39-15-4-6-19-43(39)50/h3-19,21,23,26,29-30H,20,22,24-25H2,1-2H3. The van der Waals surface area contributed by atoms with Gasteiger partial charge in [0.05, 0.1) is 33.4 Å². The molecule has 50 heavy (non-hydrogen) atoms. The molecular formula is C46H36N4. The van der Waals surface area contributed by atoms with Crippen molar-refractivity contribution in [2.75, 3.05) is 0 Å². The van der Waals surface area contributed by atoms with Crippen molar-refractivity contribution in [2.45, 2.75) is 39.5 Å². The highest BCUT2D eigenvalue weighted by Crippen LogP contribution is 2.43. The highest BCUT2D eigenvalue weighted by molar-refractivity contribution is 6.09. The van der Waals surface area contributed by atoms with Crippen molar-refractivity contribution in [2.24, 2.45) is 11.8 Å². The van der Waals surface area contributed by atoms with E-state index in [2.05, 4.69) is 132 Å². The fourth-order valence-electron chi connectivity index (χ4n) is 8.71. The topological polar surface area (TPSA) is 57.4 Å². The Kier molecular flexibility index (Phi) is 7.08. The highest BCUT2D eigenvalue weighted by Gasteiger charge is 2.27. The third-order valence-corrected chi connectivity index (χ3v) is 11.0. The van der Waals surface area contributed by atoms with Gasteiger partial charge in [0.15, 0.2) is 0 Å². The molecule has 0 aliphatic heterocycles. The number of hydrogen-bond donors (Lipinski definition) is 0. The fourth-order valence-corrected chi connectivity index (χ4v) is 8.71. The van der Waals surface area contributed by atoms with E-state index in [1.165, 1.54) is 50.5 Å². The van der Waals surface area contributed by atoms with Gasteiger partial charge < -0.3 is 9.13 Å². The first-order chi connectivity index (χ1) is 24.6. The average Bonchev–Trinajstić information content (AvgIpc) is 3.67. The second-order valence-electron chi connectivity index (χ2n) is 14.1. The first-order valence-electron chi connectivity index (χ1n) is 17.6. The summed E-state index contributed by atoms with van der Waals surface area (Å²) in [5, 5.41) is 24.1. The molecular weight excluding hydrogens is 609 g/mol. The molecule has 0 N–H and O–H groups in total. The van der Waals surface area contributed by atoms with Gasteiger partial charge in [-0.05, 0) is 96.2 Å². The minimum atomic E-state index is 0.256. The minimum absolute atomic E-state index is 0.256. The van der Waals surface area contributed by atoms with E-state index in [4.69, 9.17) is 0 Å². The molecule has 7 aromatic rings. The molecule has 0 saturated carbocycles. The fraction of sp³-hybridized carbons (Fsp3) is 0.174. The van der Waals surface area contributed by atoms with E-state index < -0.39 is 0 Å². The van der Waals surface area contributed by atoms with Crippen LogP contribution in [0.25, 0.3) is 55.2 Å². The van der Waals surface area contributed by atoms with E-state index in [0.717, 1.165) is 58.3 Å². The van der Waals surface area contributed by atoms with Crippen LogP contribution in [-0.2, 0) is 12.8 Å². The van der Waals surface area contributed by atoms with E-state index in [9.17, 15) is 10.5 Å². The molecule has 2 unspecified atom stereocenters. The predicted octanol–water partition coefficient (Wildman–Crippen LogP) is 11.1. The number of aryl methyl sites for hydroxylation is 1. The molecule has 4 nitrogen and oxygen atoms in total. The Hall–Kier alpha value is -6.10.